The van der Waals surface area contributed by atoms with Crippen LogP contribution in [0.3, 0.4) is 0 Å². The van der Waals surface area contributed by atoms with Gasteiger partial charge in [0.05, 0.1) is 33.6 Å². The lowest BCUT2D eigenvalue weighted by molar-refractivity contribution is 0.0934. The van der Waals surface area contributed by atoms with Crippen molar-refractivity contribution in [1.82, 2.24) is 19.9 Å². The van der Waals surface area contributed by atoms with E-state index in [9.17, 15) is 18.0 Å². The Morgan fingerprint density at radius 3 is 2.53 bits per heavy atom. The van der Waals surface area contributed by atoms with Gasteiger partial charge < -0.3 is 11.1 Å². The molecule has 43 heavy (non-hydrogen) atoms. The number of anilines is 2. The average Bonchev–Trinajstić information content (AvgIpc) is 3.84. The van der Waals surface area contributed by atoms with Crippen LogP contribution in [0.5, 0.6) is 0 Å². The molecule has 10 nitrogen and oxygen atoms in total. The number of sulfonamides is 1. The summed E-state index contributed by atoms with van der Waals surface area (Å²) in [5.41, 5.74) is 8.07. The number of nitrogen functional groups attached to an aromatic ring is 1. The van der Waals surface area contributed by atoms with Gasteiger partial charge in [0.25, 0.3) is 11.5 Å². The number of nitrogens with zero attached hydrogens (tertiary/aromatic N) is 3. The van der Waals surface area contributed by atoms with Crippen LogP contribution >= 0.6 is 11.6 Å². The predicted molar refractivity (Wildman–Crippen MR) is 168 cm³/mol. The molecule has 4 N–H and O–H groups in total. The molecule has 5 aromatic rings. The molecule has 6 rings (SSSR count). The second-order valence-corrected chi connectivity index (χ2v) is 12.7. The van der Waals surface area contributed by atoms with Gasteiger partial charge >= 0.3 is 0 Å². The van der Waals surface area contributed by atoms with Gasteiger partial charge in [0, 0.05) is 22.6 Å². The third-order valence-electron chi connectivity index (χ3n) is 7.23. The van der Waals surface area contributed by atoms with E-state index in [1.54, 1.807) is 61.5 Å². The molecular formula is C31H27ClN6O4S. The fraction of sp³-hybridized carbons (Fsp3) is 0.161. The summed E-state index contributed by atoms with van der Waals surface area (Å²) in [6, 6.07) is 22.2. The van der Waals surface area contributed by atoms with E-state index in [1.165, 1.54) is 10.8 Å². The van der Waals surface area contributed by atoms with E-state index in [0.29, 0.717) is 57.0 Å². The van der Waals surface area contributed by atoms with Gasteiger partial charge in [-0.25, -0.2) is 18.4 Å². The largest absolute Gasteiger partial charge is 0.382 e. The van der Waals surface area contributed by atoms with Crippen LogP contribution in [0.25, 0.3) is 27.7 Å². The number of nitrogens with two attached hydrogens (primary N) is 1. The number of benzene rings is 3. The first-order valence-corrected chi connectivity index (χ1v) is 15.5. The lowest BCUT2D eigenvalue weighted by atomic mass is 10.1. The molecule has 1 amide bonds. The SMILES string of the molecule is C[C@H](NC(=O)c1nc(-c2cccc(NS(=O)(=O)C3CC3)c2)cnc1N)c1cc2cccc(Cl)c2c(=O)n1-c1ccccc1. The highest BCUT2D eigenvalue weighted by Crippen LogP contribution is 2.31. The van der Waals surface area contributed by atoms with Crippen LogP contribution in [0.15, 0.2) is 89.9 Å². The van der Waals surface area contributed by atoms with Gasteiger partial charge in [-0.3, -0.25) is 18.9 Å². The maximum Gasteiger partial charge on any atom is 0.274 e. The minimum absolute atomic E-state index is 0.0789. The highest BCUT2D eigenvalue weighted by atomic mass is 35.5. The molecule has 2 heterocycles. The summed E-state index contributed by atoms with van der Waals surface area (Å²) in [7, 11) is -3.45. The van der Waals surface area contributed by atoms with E-state index in [2.05, 4.69) is 20.0 Å². The molecule has 0 saturated heterocycles. The number of aromatic nitrogens is 3. The number of carbonyl (C=O) groups excluding carboxylic acids is 1. The number of amides is 1. The van der Waals surface area contributed by atoms with Crippen molar-refractivity contribution in [3.63, 3.8) is 0 Å². The van der Waals surface area contributed by atoms with Gasteiger partial charge in [-0.1, -0.05) is 54.1 Å². The summed E-state index contributed by atoms with van der Waals surface area (Å²) in [4.78, 5) is 35.9. The molecule has 0 spiro atoms. The van der Waals surface area contributed by atoms with E-state index in [4.69, 9.17) is 17.3 Å². The molecule has 0 aliphatic heterocycles. The number of para-hydroxylation sites is 1. The second-order valence-electron chi connectivity index (χ2n) is 10.4. The second kappa shape index (κ2) is 11.2. The number of hydrogen-bond donors (Lipinski definition) is 3. The molecular weight excluding hydrogens is 588 g/mol. The third kappa shape index (κ3) is 5.69. The highest BCUT2D eigenvalue weighted by Gasteiger charge is 2.35. The highest BCUT2D eigenvalue weighted by molar-refractivity contribution is 7.93. The number of rotatable bonds is 8. The topological polar surface area (TPSA) is 149 Å². The van der Waals surface area contributed by atoms with E-state index >= 15 is 0 Å². The minimum atomic E-state index is -3.45. The van der Waals surface area contributed by atoms with Crippen LogP contribution in [-0.4, -0.2) is 34.1 Å². The lowest BCUT2D eigenvalue weighted by Gasteiger charge is -2.21. The molecule has 1 fully saturated rings. The van der Waals surface area contributed by atoms with Crippen molar-refractivity contribution >= 4 is 49.8 Å². The van der Waals surface area contributed by atoms with Crippen molar-refractivity contribution in [2.24, 2.45) is 0 Å². The summed E-state index contributed by atoms with van der Waals surface area (Å²) in [5, 5.41) is 3.88. The fourth-order valence-electron chi connectivity index (χ4n) is 4.91. The molecule has 0 bridgehead atoms. The minimum Gasteiger partial charge on any atom is -0.382 e. The number of fused-ring (bicyclic) bond motifs is 1. The molecule has 12 heteroatoms. The van der Waals surface area contributed by atoms with Crippen LogP contribution in [-0.2, 0) is 10.0 Å². The van der Waals surface area contributed by atoms with Crippen LogP contribution in [0.1, 0.15) is 42.0 Å². The Morgan fingerprint density at radius 1 is 1.05 bits per heavy atom. The van der Waals surface area contributed by atoms with Crippen molar-refractivity contribution in [2.45, 2.75) is 31.1 Å². The zero-order valence-electron chi connectivity index (χ0n) is 23.0. The molecule has 1 aliphatic carbocycles. The normalized spacial score (nSPS) is 13.9. The smallest absolute Gasteiger partial charge is 0.274 e. The summed E-state index contributed by atoms with van der Waals surface area (Å²) in [6.07, 6.45) is 2.71. The zero-order chi connectivity index (χ0) is 30.3. The first-order chi connectivity index (χ1) is 20.6. The van der Waals surface area contributed by atoms with E-state index in [0.717, 1.165) is 0 Å². The molecule has 1 aliphatic rings. The number of nitrogens with one attached hydrogen (secondary N) is 2. The maximum atomic E-state index is 13.7. The Hall–Kier alpha value is -4.74. The van der Waals surface area contributed by atoms with Gasteiger partial charge in [0.15, 0.2) is 11.5 Å². The standard InChI is InChI=1S/C31H27ClN6O4S/c1-18(26-16-20-8-6-12-24(32)27(20)31(40)38(26)22-10-3-2-4-11-22)35-30(39)28-29(33)34-17-25(36-28)19-7-5-9-21(15-19)37-43(41,42)23-13-14-23/h2-12,15-18,23,37H,13-14H2,1H3,(H2,33,34)(H,35,39)/t18-/m0/s1. The molecule has 1 saturated carbocycles. The van der Waals surface area contributed by atoms with Crippen LogP contribution in [0, 0.1) is 0 Å². The third-order valence-corrected chi connectivity index (χ3v) is 9.41. The maximum absolute atomic E-state index is 13.7. The van der Waals surface area contributed by atoms with Crippen LogP contribution in [0.4, 0.5) is 11.5 Å². The lowest BCUT2D eigenvalue weighted by Crippen LogP contribution is -2.33. The Labute approximate surface area is 252 Å². The van der Waals surface area contributed by atoms with Crippen molar-refractivity contribution in [3.05, 3.63) is 112 Å². The number of pyridine rings is 1. The molecule has 0 radical (unpaired) electrons. The monoisotopic (exact) mass is 614 g/mol. The first kappa shape index (κ1) is 28.4. The molecule has 3 aromatic carbocycles. The fourth-order valence-corrected chi connectivity index (χ4v) is 6.55. The molecule has 218 valence electrons. The quantitative estimate of drug-likeness (QED) is 0.221. The Kier molecular flexibility index (Phi) is 7.37. The average molecular weight is 615 g/mol. The van der Waals surface area contributed by atoms with Crippen LogP contribution < -0.4 is 21.3 Å². The molecule has 0 unspecified atom stereocenters. The zero-order valence-corrected chi connectivity index (χ0v) is 24.6. The number of halogens is 1. The Morgan fingerprint density at radius 2 is 1.79 bits per heavy atom. The summed E-state index contributed by atoms with van der Waals surface area (Å²) < 4.78 is 28.9. The van der Waals surface area contributed by atoms with Gasteiger partial charge in [0.2, 0.25) is 10.0 Å². The summed E-state index contributed by atoms with van der Waals surface area (Å²) >= 11 is 6.41. The number of hydrogen-bond acceptors (Lipinski definition) is 7. The Bertz CT molecular complexity index is 2050. The van der Waals surface area contributed by atoms with Gasteiger partial charge in [0.1, 0.15) is 0 Å². The molecule has 2 aromatic heterocycles. The first-order valence-electron chi connectivity index (χ1n) is 13.6. The summed E-state index contributed by atoms with van der Waals surface area (Å²) in [6.45, 7) is 1.76. The number of carbonyl (C=O) groups is 1. The van der Waals surface area contributed by atoms with Gasteiger partial charge in [-0.05, 0) is 61.5 Å². The van der Waals surface area contributed by atoms with Crippen molar-refractivity contribution < 1.29 is 13.2 Å². The van der Waals surface area contributed by atoms with Gasteiger partial charge in [-0.15, -0.1) is 0 Å². The van der Waals surface area contributed by atoms with Crippen molar-refractivity contribution in [3.8, 4) is 16.9 Å². The molecule has 1 atom stereocenters. The summed E-state index contributed by atoms with van der Waals surface area (Å²) in [5.74, 6) is -0.673. The Balaban J connectivity index is 1.33. The van der Waals surface area contributed by atoms with Crippen molar-refractivity contribution in [2.75, 3.05) is 10.5 Å². The van der Waals surface area contributed by atoms with E-state index in [-0.39, 0.29) is 22.3 Å². The predicted octanol–water partition coefficient (Wildman–Crippen LogP) is 5.08. The van der Waals surface area contributed by atoms with Crippen molar-refractivity contribution in [1.29, 1.82) is 0 Å². The van der Waals surface area contributed by atoms with Gasteiger partial charge in [-0.2, -0.15) is 0 Å². The van der Waals surface area contributed by atoms with E-state index < -0.39 is 22.0 Å². The van der Waals surface area contributed by atoms with Crippen LogP contribution in [0.2, 0.25) is 5.02 Å². The van der Waals surface area contributed by atoms with E-state index in [1.807, 2.05) is 24.3 Å².